The lowest BCUT2D eigenvalue weighted by atomic mass is 10.0. The summed E-state index contributed by atoms with van der Waals surface area (Å²) < 4.78 is 0. The fourth-order valence-electron chi connectivity index (χ4n) is 2.90. The number of hydrogen-bond acceptors (Lipinski definition) is 3. The lowest BCUT2D eigenvalue weighted by Crippen LogP contribution is -2.34. The molecule has 1 atom stereocenters. The molecular formula is C19H42BrNO2. The molecule has 1 unspecified atom stereocenters. The Bertz CT molecular complexity index is 216. The first kappa shape index (κ1) is 25.6. The molecule has 142 valence electrons. The summed E-state index contributed by atoms with van der Waals surface area (Å²) in [6.45, 7) is 2.27. The van der Waals surface area contributed by atoms with Crippen LogP contribution in [0.5, 0.6) is 0 Å². The van der Waals surface area contributed by atoms with Gasteiger partial charge in [-0.3, -0.25) is 0 Å². The van der Waals surface area contributed by atoms with Crippen LogP contribution in [0.1, 0.15) is 110 Å². The van der Waals surface area contributed by atoms with Gasteiger partial charge in [-0.25, -0.2) is 0 Å². The number of nitrogens with two attached hydrogens (primary N) is 1. The number of rotatable bonds is 17. The summed E-state index contributed by atoms with van der Waals surface area (Å²) >= 11 is 0. The summed E-state index contributed by atoms with van der Waals surface area (Å²) in [5.41, 5.74) is 5.57. The van der Waals surface area contributed by atoms with Gasteiger partial charge in [0, 0.05) is 0 Å². The van der Waals surface area contributed by atoms with Crippen LogP contribution in [0.15, 0.2) is 0 Å². The minimum absolute atomic E-state index is 0. The van der Waals surface area contributed by atoms with Gasteiger partial charge in [-0.15, -0.1) is 17.0 Å². The normalized spacial score (nSPS) is 12.4. The van der Waals surface area contributed by atoms with Gasteiger partial charge in [0.15, 0.2) is 6.29 Å². The Hall–Kier alpha value is 0.360. The van der Waals surface area contributed by atoms with Crippen molar-refractivity contribution in [3.8, 4) is 0 Å². The highest BCUT2D eigenvalue weighted by atomic mass is 79.9. The third-order valence-corrected chi connectivity index (χ3v) is 4.52. The highest BCUT2D eigenvalue weighted by Crippen LogP contribution is 2.14. The van der Waals surface area contributed by atoms with Crippen molar-refractivity contribution in [3.63, 3.8) is 0 Å². The molecule has 0 aliphatic rings. The first-order valence-corrected chi connectivity index (χ1v) is 9.80. The average molecular weight is 396 g/mol. The number of aliphatic hydroxyl groups is 2. The number of hydrogen-bond donors (Lipinski definition) is 3. The maximum Gasteiger partial charge on any atom is 0.166 e. The maximum atomic E-state index is 8.87. The van der Waals surface area contributed by atoms with Crippen molar-refractivity contribution in [2.75, 3.05) is 0 Å². The Morgan fingerprint density at radius 1 is 0.609 bits per heavy atom. The first-order valence-electron chi connectivity index (χ1n) is 9.80. The Morgan fingerprint density at radius 2 is 0.913 bits per heavy atom. The third-order valence-electron chi connectivity index (χ3n) is 4.52. The zero-order chi connectivity index (χ0) is 16.5. The molecule has 0 radical (unpaired) electrons. The van der Waals surface area contributed by atoms with E-state index in [1.54, 1.807) is 0 Å². The summed E-state index contributed by atoms with van der Waals surface area (Å²) in [5.74, 6) is 0. The van der Waals surface area contributed by atoms with Crippen LogP contribution in [0.3, 0.4) is 0 Å². The van der Waals surface area contributed by atoms with Crippen LogP contribution < -0.4 is 5.73 Å². The molecule has 0 saturated carbocycles. The molecule has 0 aromatic rings. The van der Waals surface area contributed by atoms with E-state index < -0.39 is 12.3 Å². The van der Waals surface area contributed by atoms with Gasteiger partial charge in [0.1, 0.15) is 0 Å². The van der Waals surface area contributed by atoms with E-state index >= 15 is 0 Å². The fourth-order valence-corrected chi connectivity index (χ4v) is 2.90. The second-order valence-corrected chi connectivity index (χ2v) is 6.82. The van der Waals surface area contributed by atoms with Gasteiger partial charge in [0.2, 0.25) is 0 Å². The highest BCUT2D eigenvalue weighted by molar-refractivity contribution is 8.93. The third kappa shape index (κ3) is 20.3. The van der Waals surface area contributed by atoms with Crippen LogP contribution in [0.4, 0.5) is 0 Å². The van der Waals surface area contributed by atoms with Crippen LogP contribution >= 0.6 is 17.0 Å². The van der Waals surface area contributed by atoms with Crippen molar-refractivity contribution in [3.05, 3.63) is 0 Å². The van der Waals surface area contributed by atoms with Gasteiger partial charge in [-0.1, -0.05) is 103 Å². The Morgan fingerprint density at radius 3 is 1.22 bits per heavy atom. The first-order chi connectivity index (χ1) is 10.7. The predicted octanol–water partition coefficient (Wildman–Crippen LogP) is 5.46. The zero-order valence-corrected chi connectivity index (χ0v) is 17.1. The standard InChI is InChI=1S/C19H41NO2.BrH/c1-2-3-4-5-6-7-8-9-10-11-12-13-14-15-16-17-18(20)19(21)22;/h18-19,21-22H,2-17,20H2,1H3;1H. The second-order valence-electron chi connectivity index (χ2n) is 6.82. The van der Waals surface area contributed by atoms with E-state index in [4.69, 9.17) is 15.9 Å². The molecule has 0 fully saturated rings. The molecule has 0 aromatic carbocycles. The SMILES string of the molecule is Br.CCCCCCCCCCCCCCCCCC(N)C(O)O. The summed E-state index contributed by atoms with van der Waals surface area (Å²) in [4.78, 5) is 0. The largest absolute Gasteiger partial charge is 0.367 e. The summed E-state index contributed by atoms with van der Waals surface area (Å²) in [6, 6.07) is -0.470. The molecule has 0 heterocycles. The van der Waals surface area contributed by atoms with E-state index in [1.807, 2.05) is 0 Å². The predicted molar refractivity (Wildman–Crippen MR) is 106 cm³/mol. The number of unbranched alkanes of at least 4 members (excludes halogenated alkanes) is 14. The second kappa shape index (κ2) is 20.4. The lowest BCUT2D eigenvalue weighted by molar-refractivity contribution is -0.0599. The molecule has 23 heavy (non-hydrogen) atoms. The number of aliphatic hydroxyl groups excluding tert-OH is 1. The number of halogens is 1. The average Bonchev–Trinajstić information content (AvgIpc) is 2.50. The molecule has 3 nitrogen and oxygen atoms in total. The molecule has 0 aliphatic carbocycles. The monoisotopic (exact) mass is 395 g/mol. The van der Waals surface area contributed by atoms with Gasteiger partial charge in [-0.05, 0) is 6.42 Å². The summed E-state index contributed by atoms with van der Waals surface area (Å²) in [7, 11) is 0. The molecule has 0 spiro atoms. The summed E-state index contributed by atoms with van der Waals surface area (Å²) in [5, 5.41) is 17.7. The van der Waals surface area contributed by atoms with Gasteiger partial charge in [-0.2, -0.15) is 0 Å². The maximum absolute atomic E-state index is 8.87. The van der Waals surface area contributed by atoms with Gasteiger partial charge >= 0.3 is 0 Å². The van der Waals surface area contributed by atoms with E-state index in [1.165, 1.54) is 83.5 Å². The molecule has 4 N–H and O–H groups in total. The van der Waals surface area contributed by atoms with Crippen LogP contribution in [0.25, 0.3) is 0 Å². The van der Waals surface area contributed by atoms with Crippen molar-refractivity contribution in [1.29, 1.82) is 0 Å². The van der Waals surface area contributed by atoms with E-state index in [0.717, 1.165) is 19.3 Å². The topological polar surface area (TPSA) is 66.5 Å². The van der Waals surface area contributed by atoms with E-state index in [9.17, 15) is 0 Å². The molecule has 4 heteroatoms. The quantitative estimate of drug-likeness (QED) is 0.226. The molecule has 0 aliphatic heterocycles. The zero-order valence-electron chi connectivity index (χ0n) is 15.3. The van der Waals surface area contributed by atoms with Gasteiger partial charge in [0.25, 0.3) is 0 Å². The van der Waals surface area contributed by atoms with Crippen molar-refractivity contribution in [1.82, 2.24) is 0 Å². The lowest BCUT2D eigenvalue weighted by Gasteiger charge is -2.12. The summed E-state index contributed by atoms with van der Waals surface area (Å²) in [6.07, 6.45) is 19.6. The minimum Gasteiger partial charge on any atom is -0.367 e. The molecule has 0 rings (SSSR count). The highest BCUT2D eigenvalue weighted by Gasteiger charge is 2.09. The minimum atomic E-state index is -1.35. The Labute approximate surface area is 155 Å². The van der Waals surface area contributed by atoms with Crippen LogP contribution in [-0.4, -0.2) is 22.5 Å². The van der Waals surface area contributed by atoms with E-state index in [0.29, 0.717) is 0 Å². The van der Waals surface area contributed by atoms with Crippen molar-refractivity contribution in [2.45, 2.75) is 122 Å². The van der Waals surface area contributed by atoms with Crippen LogP contribution in [0, 0.1) is 0 Å². The van der Waals surface area contributed by atoms with Crippen molar-refractivity contribution >= 4 is 17.0 Å². The fraction of sp³-hybridized carbons (Fsp3) is 1.00. The van der Waals surface area contributed by atoms with Gasteiger partial charge < -0.3 is 15.9 Å². The van der Waals surface area contributed by atoms with E-state index in [-0.39, 0.29) is 17.0 Å². The van der Waals surface area contributed by atoms with Crippen LogP contribution in [-0.2, 0) is 0 Å². The Balaban J connectivity index is 0. The molecule has 0 bridgehead atoms. The van der Waals surface area contributed by atoms with E-state index in [2.05, 4.69) is 6.92 Å². The smallest absolute Gasteiger partial charge is 0.166 e. The molecular weight excluding hydrogens is 354 g/mol. The van der Waals surface area contributed by atoms with Gasteiger partial charge in [0.05, 0.1) is 6.04 Å². The molecule has 0 saturated heterocycles. The van der Waals surface area contributed by atoms with Crippen molar-refractivity contribution < 1.29 is 10.2 Å². The molecule has 0 amide bonds. The van der Waals surface area contributed by atoms with Crippen molar-refractivity contribution in [2.24, 2.45) is 5.73 Å². The molecule has 0 aromatic heterocycles. The Kier molecular flexibility index (Phi) is 22.7. The van der Waals surface area contributed by atoms with Crippen LogP contribution in [0.2, 0.25) is 0 Å².